The molecule has 1 rings (SSSR count). The first-order valence-electron chi connectivity index (χ1n) is 7.81. The van der Waals surface area contributed by atoms with E-state index in [4.69, 9.17) is 9.47 Å². The van der Waals surface area contributed by atoms with E-state index in [2.05, 4.69) is 47.5 Å². The van der Waals surface area contributed by atoms with Crippen molar-refractivity contribution in [3.05, 3.63) is 35.9 Å². The fraction of sp³-hybridized carbons (Fsp3) is 0.647. The first-order chi connectivity index (χ1) is 10.3. The molecule has 0 amide bonds. The van der Waals surface area contributed by atoms with Gasteiger partial charge in [0.1, 0.15) is 0 Å². The Morgan fingerprint density at radius 3 is 2.38 bits per heavy atom. The molecule has 0 saturated heterocycles. The second kappa shape index (κ2) is 11.7. The fourth-order valence-corrected chi connectivity index (χ4v) is 2.46. The molecule has 0 aliphatic carbocycles. The van der Waals surface area contributed by atoms with Gasteiger partial charge in [-0.25, -0.2) is 0 Å². The minimum atomic E-state index is 0.373. The number of likely N-dealkylation sites (N-methyl/N-ethyl adjacent to an activating group) is 1. The van der Waals surface area contributed by atoms with Crippen molar-refractivity contribution in [2.75, 3.05) is 53.6 Å². The van der Waals surface area contributed by atoms with Gasteiger partial charge in [0.25, 0.3) is 0 Å². The normalized spacial score (nSPS) is 12.8. The van der Waals surface area contributed by atoms with Crippen molar-refractivity contribution in [2.24, 2.45) is 0 Å². The molecule has 0 bridgehead atoms. The number of benzene rings is 1. The maximum atomic E-state index is 5.28. The first kappa shape index (κ1) is 18.1. The van der Waals surface area contributed by atoms with Gasteiger partial charge < -0.3 is 14.8 Å². The van der Waals surface area contributed by atoms with Crippen LogP contribution in [-0.2, 0) is 9.47 Å². The summed E-state index contributed by atoms with van der Waals surface area (Å²) in [6.45, 7) is 7.59. The van der Waals surface area contributed by atoms with Gasteiger partial charge >= 0.3 is 0 Å². The number of ether oxygens (including phenoxy) is 2. The topological polar surface area (TPSA) is 33.7 Å². The molecule has 1 aromatic carbocycles. The van der Waals surface area contributed by atoms with E-state index in [1.165, 1.54) is 5.56 Å². The van der Waals surface area contributed by atoms with E-state index in [1.807, 2.05) is 0 Å². The molecule has 0 heterocycles. The van der Waals surface area contributed by atoms with E-state index in [0.29, 0.717) is 6.04 Å². The van der Waals surface area contributed by atoms with E-state index in [0.717, 1.165) is 45.8 Å². The molecular formula is C17H30N2O2. The van der Waals surface area contributed by atoms with Crippen LogP contribution in [0, 0.1) is 0 Å². The van der Waals surface area contributed by atoms with Crippen LogP contribution in [0.2, 0.25) is 0 Å². The van der Waals surface area contributed by atoms with Crippen LogP contribution < -0.4 is 5.32 Å². The molecular weight excluding hydrogens is 264 g/mol. The van der Waals surface area contributed by atoms with E-state index in [9.17, 15) is 0 Å². The largest absolute Gasteiger partial charge is 0.385 e. The predicted molar refractivity (Wildman–Crippen MR) is 87.7 cm³/mol. The molecule has 120 valence electrons. The van der Waals surface area contributed by atoms with Gasteiger partial charge in [-0.1, -0.05) is 37.3 Å². The molecule has 0 spiro atoms. The average molecular weight is 294 g/mol. The Morgan fingerprint density at radius 2 is 1.76 bits per heavy atom. The molecule has 1 aromatic rings. The summed E-state index contributed by atoms with van der Waals surface area (Å²) in [5, 5.41) is 3.48. The summed E-state index contributed by atoms with van der Waals surface area (Å²) >= 11 is 0. The van der Waals surface area contributed by atoms with Gasteiger partial charge in [0.05, 0.1) is 6.61 Å². The van der Waals surface area contributed by atoms with Crippen molar-refractivity contribution in [2.45, 2.75) is 19.4 Å². The number of hydrogen-bond acceptors (Lipinski definition) is 4. The smallest absolute Gasteiger partial charge is 0.0589 e. The van der Waals surface area contributed by atoms with Crippen molar-refractivity contribution < 1.29 is 9.47 Å². The average Bonchev–Trinajstić information content (AvgIpc) is 2.53. The van der Waals surface area contributed by atoms with Crippen LogP contribution in [-0.4, -0.2) is 58.5 Å². The molecule has 4 heteroatoms. The zero-order valence-electron chi connectivity index (χ0n) is 13.7. The number of rotatable bonds is 12. The molecule has 1 N–H and O–H groups in total. The monoisotopic (exact) mass is 294 g/mol. The van der Waals surface area contributed by atoms with Crippen LogP contribution in [0.5, 0.6) is 0 Å². The Kier molecular flexibility index (Phi) is 10.1. The highest BCUT2D eigenvalue weighted by Crippen LogP contribution is 2.20. The van der Waals surface area contributed by atoms with Gasteiger partial charge in [0, 0.05) is 46.5 Å². The third kappa shape index (κ3) is 7.05. The molecule has 0 aliphatic heterocycles. The molecule has 0 fully saturated rings. The number of nitrogens with zero attached hydrogens (tertiary/aromatic N) is 1. The molecule has 0 aromatic heterocycles. The van der Waals surface area contributed by atoms with Crippen molar-refractivity contribution in [1.82, 2.24) is 10.2 Å². The fourth-order valence-electron chi connectivity index (χ4n) is 2.46. The van der Waals surface area contributed by atoms with E-state index in [1.54, 1.807) is 14.2 Å². The van der Waals surface area contributed by atoms with E-state index >= 15 is 0 Å². The lowest BCUT2D eigenvalue weighted by Gasteiger charge is -2.32. The summed E-state index contributed by atoms with van der Waals surface area (Å²) in [4.78, 5) is 2.49. The van der Waals surface area contributed by atoms with Gasteiger partial charge in [-0.2, -0.15) is 0 Å². The molecule has 0 saturated carbocycles. The lowest BCUT2D eigenvalue weighted by molar-refractivity contribution is 0.105. The standard InChI is InChI=1S/C17H30N2O2/c1-4-18-15-17(16-9-6-5-7-10-16)19(12-14-21-3)11-8-13-20-2/h5-7,9-10,17-18H,4,8,11-15H2,1-3H3. The van der Waals surface area contributed by atoms with Crippen molar-refractivity contribution in [3.63, 3.8) is 0 Å². The molecule has 1 atom stereocenters. The van der Waals surface area contributed by atoms with Gasteiger partial charge in [-0.3, -0.25) is 4.90 Å². The second-order valence-electron chi connectivity index (χ2n) is 5.11. The Labute approximate surface area is 129 Å². The lowest BCUT2D eigenvalue weighted by atomic mass is 10.0. The highest BCUT2D eigenvalue weighted by molar-refractivity contribution is 5.19. The summed E-state index contributed by atoms with van der Waals surface area (Å²) in [6.07, 6.45) is 1.04. The van der Waals surface area contributed by atoms with Crippen molar-refractivity contribution >= 4 is 0 Å². The molecule has 21 heavy (non-hydrogen) atoms. The van der Waals surface area contributed by atoms with Crippen molar-refractivity contribution in [1.29, 1.82) is 0 Å². The summed E-state index contributed by atoms with van der Waals surface area (Å²) in [6, 6.07) is 11.1. The van der Waals surface area contributed by atoms with Crippen LogP contribution in [0.3, 0.4) is 0 Å². The van der Waals surface area contributed by atoms with Gasteiger partial charge in [-0.15, -0.1) is 0 Å². The van der Waals surface area contributed by atoms with Gasteiger partial charge in [0.15, 0.2) is 0 Å². The minimum absolute atomic E-state index is 0.373. The van der Waals surface area contributed by atoms with Crippen LogP contribution in [0.25, 0.3) is 0 Å². The van der Waals surface area contributed by atoms with Crippen LogP contribution in [0.4, 0.5) is 0 Å². The SMILES string of the molecule is CCNCC(c1ccccc1)N(CCCOC)CCOC. The number of nitrogens with one attached hydrogen (secondary N) is 1. The number of hydrogen-bond donors (Lipinski definition) is 1. The number of methoxy groups -OCH3 is 2. The zero-order chi connectivity index (χ0) is 15.3. The van der Waals surface area contributed by atoms with Crippen LogP contribution in [0.15, 0.2) is 30.3 Å². The van der Waals surface area contributed by atoms with Crippen LogP contribution in [0.1, 0.15) is 24.9 Å². The summed E-state index contributed by atoms with van der Waals surface area (Å²) in [5.41, 5.74) is 1.35. The molecule has 0 aliphatic rings. The van der Waals surface area contributed by atoms with E-state index < -0.39 is 0 Å². The minimum Gasteiger partial charge on any atom is -0.385 e. The third-order valence-electron chi connectivity index (χ3n) is 3.59. The highest BCUT2D eigenvalue weighted by Gasteiger charge is 2.19. The molecule has 1 unspecified atom stereocenters. The summed E-state index contributed by atoms with van der Waals surface area (Å²) in [5.74, 6) is 0. The Hall–Kier alpha value is -0.940. The maximum Gasteiger partial charge on any atom is 0.0589 e. The van der Waals surface area contributed by atoms with Gasteiger partial charge in [0.2, 0.25) is 0 Å². The predicted octanol–water partition coefficient (Wildman–Crippen LogP) is 2.32. The Morgan fingerprint density at radius 1 is 1.05 bits per heavy atom. The van der Waals surface area contributed by atoms with Crippen molar-refractivity contribution in [3.8, 4) is 0 Å². The summed E-state index contributed by atoms with van der Waals surface area (Å²) < 4.78 is 10.5. The quantitative estimate of drug-likeness (QED) is 0.600. The summed E-state index contributed by atoms with van der Waals surface area (Å²) in [7, 11) is 3.52. The molecule has 0 radical (unpaired) electrons. The lowest BCUT2D eigenvalue weighted by Crippen LogP contribution is -2.38. The Balaban J connectivity index is 2.76. The maximum absolute atomic E-state index is 5.28. The second-order valence-corrected chi connectivity index (χ2v) is 5.11. The first-order valence-corrected chi connectivity index (χ1v) is 7.81. The molecule has 4 nitrogen and oxygen atoms in total. The van der Waals surface area contributed by atoms with E-state index in [-0.39, 0.29) is 0 Å². The highest BCUT2D eigenvalue weighted by atomic mass is 16.5. The third-order valence-corrected chi connectivity index (χ3v) is 3.59. The zero-order valence-corrected chi connectivity index (χ0v) is 13.7. The van der Waals surface area contributed by atoms with Gasteiger partial charge in [-0.05, 0) is 18.5 Å². The Bertz CT molecular complexity index is 346. The van der Waals surface area contributed by atoms with Crippen LogP contribution >= 0.6 is 0 Å².